The minimum absolute atomic E-state index is 0.00805. The average Bonchev–Trinajstić information content (AvgIpc) is 3.15. The van der Waals surface area contributed by atoms with Gasteiger partial charge in [-0.15, -0.1) is 5.10 Å². The van der Waals surface area contributed by atoms with E-state index in [0.717, 1.165) is 24.7 Å². The molecule has 2 fully saturated rings. The number of piperidine rings is 1. The van der Waals surface area contributed by atoms with E-state index in [4.69, 9.17) is 32.4 Å². The number of rotatable bonds is 6. The molecule has 31 heavy (non-hydrogen) atoms. The Morgan fingerprint density at radius 2 is 1.90 bits per heavy atom. The third kappa shape index (κ3) is 4.18. The van der Waals surface area contributed by atoms with Gasteiger partial charge in [-0.25, -0.2) is 4.39 Å². The summed E-state index contributed by atoms with van der Waals surface area (Å²) in [5, 5.41) is 11.9. The molecule has 1 amide bonds. The van der Waals surface area contributed by atoms with Crippen LogP contribution in [0.1, 0.15) is 0 Å². The Labute approximate surface area is 187 Å². The molecule has 10 heteroatoms. The maximum Gasteiger partial charge on any atom is 0.318 e. The first kappa shape index (κ1) is 20.1. The number of carbonyl (C=O) groups is 1. The SMILES string of the molecule is O=C(COc1ccc(Cl)c(F)c1)NC1[C@H]2CN(c3nnc(-c4ccc(Cl)cc4)o3)C[C@@H]12. The number of hydrogen-bond acceptors (Lipinski definition) is 6. The van der Waals surface area contributed by atoms with E-state index in [1.807, 2.05) is 17.0 Å². The number of benzene rings is 2. The second-order valence-corrected chi connectivity index (χ2v) is 8.43. The zero-order chi connectivity index (χ0) is 21.5. The summed E-state index contributed by atoms with van der Waals surface area (Å²) in [5.41, 5.74) is 0.804. The van der Waals surface area contributed by atoms with E-state index in [9.17, 15) is 9.18 Å². The van der Waals surface area contributed by atoms with Gasteiger partial charge in [0.2, 0.25) is 5.89 Å². The summed E-state index contributed by atoms with van der Waals surface area (Å²) in [7, 11) is 0. The topological polar surface area (TPSA) is 80.5 Å². The fourth-order valence-corrected chi connectivity index (χ4v) is 4.14. The number of halogens is 3. The minimum Gasteiger partial charge on any atom is -0.484 e. The Hall–Kier alpha value is -2.84. The van der Waals surface area contributed by atoms with Crippen molar-refractivity contribution < 1.29 is 18.3 Å². The lowest BCUT2D eigenvalue weighted by atomic mass is 10.2. The van der Waals surface area contributed by atoms with Crippen LogP contribution in [-0.4, -0.2) is 41.8 Å². The lowest BCUT2D eigenvalue weighted by molar-refractivity contribution is -0.123. The molecule has 1 aliphatic heterocycles. The largest absolute Gasteiger partial charge is 0.484 e. The van der Waals surface area contributed by atoms with Crippen LogP contribution in [-0.2, 0) is 4.79 Å². The van der Waals surface area contributed by atoms with E-state index in [1.165, 1.54) is 12.1 Å². The van der Waals surface area contributed by atoms with E-state index < -0.39 is 5.82 Å². The van der Waals surface area contributed by atoms with Gasteiger partial charge in [-0.05, 0) is 36.4 Å². The molecule has 2 aliphatic rings. The van der Waals surface area contributed by atoms with Gasteiger partial charge >= 0.3 is 6.01 Å². The van der Waals surface area contributed by atoms with Crippen LogP contribution in [0.5, 0.6) is 5.75 Å². The number of amides is 1. The summed E-state index contributed by atoms with van der Waals surface area (Å²) in [6.07, 6.45) is 0. The molecule has 1 saturated carbocycles. The second kappa shape index (κ2) is 8.01. The monoisotopic (exact) mass is 462 g/mol. The molecular weight excluding hydrogens is 446 g/mol. The van der Waals surface area contributed by atoms with Gasteiger partial charge < -0.3 is 19.4 Å². The summed E-state index contributed by atoms with van der Waals surface area (Å²) in [6, 6.07) is 11.8. The molecular formula is C21H17Cl2FN4O3. The van der Waals surface area contributed by atoms with Crippen LogP contribution in [0.4, 0.5) is 10.4 Å². The number of aromatic nitrogens is 2. The Balaban J connectivity index is 1.11. The highest BCUT2D eigenvalue weighted by Crippen LogP contribution is 2.46. The third-order valence-corrected chi connectivity index (χ3v) is 6.12. The van der Waals surface area contributed by atoms with Gasteiger partial charge in [0.15, 0.2) is 6.61 Å². The fourth-order valence-electron chi connectivity index (χ4n) is 3.89. The number of fused-ring (bicyclic) bond motifs is 1. The Bertz CT molecular complexity index is 1110. The number of nitrogens with one attached hydrogen (secondary N) is 1. The van der Waals surface area contributed by atoms with Gasteiger partial charge in [0.05, 0.1) is 5.02 Å². The molecule has 0 spiro atoms. The van der Waals surface area contributed by atoms with Crippen molar-refractivity contribution in [3.63, 3.8) is 0 Å². The summed E-state index contributed by atoms with van der Waals surface area (Å²) >= 11 is 11.5. The molecule has 1 aliphatic carbocycles. The van der Waals surface area contributed by atoms with Gasteiger partial charge in [0.25, 0.3) is 5.91 Å². The van der Waals surface area contributed by atoms with E-state index in [0.29, 0.717) is 28.8 Å². The lowest BCUT2D eigenvalue weighted by Crippen LogP contribution is -2.37. The Morgan fingerprint density at radius 1 is 1.16 bits per heavy atom. The number of nitrogens with zero attached hydrogens (tertiary/aromatic N) is 3. The fraction of sp³-hybridized carbons (Fsp3) is 0.286. The molecule has 0 radical (unpaired) electrons. The first-order valence-corrected chi connectivity index (χ1v) is 10.4. The van der Waals surface area contributed by atoms with Crippen molar-refractivity contribution in [3.05, 3.63) is 58.3 Å². The second-order valence-electron chi connectivity index (χ2n) is 7.59. The van der Waals surface area contributed by atoms with Crippen LogP contribution >= 0.6 is 23.2 Å². The van der Waals surface area contributed by atoms with Crippen LogP contribution in [0.3, 0.4) is 0 Å². The van der Waals surface area contributed by atoms with Crippen molar-refractivity contribution in [1.82, 2.24) is 15.5 Å². The Morgan fingerprint density at radius 3 is 2.61 bits per heavy atom. The summed E-state index contributed by atoms with van der Waals surface area (Å²) in [4.78, 5) is 14.2. The first-order valence-electron chi connectivity index (χ1n) is 9.69. The molecule has 5 rings (SSSR count). The van der Waals surface area contributed by atoms with Crippen molar-refractivity contribution >= 4 is 35.1 Å². The van der Waals surface area contributed by atoms with E-state index in [2.05, 4.69) is 15.5 Å². The third-order valence-electron chi connectivity index (χ3n) is 5.56. The predicted molar refractivity (Wildman–Crippen MR) is 113 cm³/mol. The number of hydrogen-bond donors (Lipinski definition) is 1. The molecule has 3 atom stereocenters. The molecule has 1 N–H and O–H groups in total. The maximum atomic E-state index is 13.4. The molecule has 1 unspecified atom stereocenters. The molecule has 1 saturated heterocycles. The molecule has 7 nitrogen and oxygen atoms in total. The molecule has 0 bridgehead atoms. The van der Waals surface area contributed by atoms with Crippen LogP contribution in [0.15, 0.2) is 46.9 Å². The normalized spacial score (nSPS) is 21.6. The Kier molecular flexibility index (Phi) is 5.19. The van der Waals surface area contributed by atoms with E-state index in [1.54, 1.807) is 12.1 Å². The number of ether oxygens (including phenoxy) is 1. The van der Waals surface area contributed by atoms with E-state index >= 15 is 0 Å². The van der Waals surface area contributed by atoms with E-state index in [-0.39, 0.29) is 29.3 Å². The zero-order valence-corrected chi connectivity index (χ0v) is 17.6. The summed E-state index contributed by atoms with van der Waals surface area (Å²) in [5.74, 6) is 0.506. The smallest absolute Gasteiger partial charge is 0.318 e. The average molecular weight is 463 g/mol. The number of carbonyl (C=O) groups excluding carboxylic acids is 1. The van der Waals surface area contributed by atoms with Crippen molar-refractivity contribution in [1.29, 1.82) is 0 Å². The van der Waals surface area contributed by atoms with Crippen molar-refractivity contribution in [2.24, 2.45) is 11.8 Å². The quantitative estimate of drug-likeness (QED) is 0.599. The highest BCUT2D eigenvalue weighted by molar-refractivity contribution is 6.31. The first-order chi connectivity index (χ1) is 15.0. The van der Waals surface area contributed by atoms with Gasteiger partial charge in [0, 0.05) is 47.6 Å². The summed E-state index contributed by atoms with van der Waals surface area (Å²) < 4.78 is 24.6. The van der Waals surface area contributed by atoms with Crippen LogP contribution in [0, 0.1) is 17.7 Å². The molecule has 1 aromatic heterocycles. The van der Waals surface area contributed by atoms with Gasteiger partial charge in [-0.2, -0.15) is 0 Å². The van der Waals surface area contributed by atoms with Crippen LogP contribution in [0.2, 0.25) is 10.0 Å². The lowest BCUT2D eigenvalue weighted by Gasteiger charge is -2.17. The van der Waals surface area contributed by atoms with Crippen molar-refractivity contribution in [3.8, 4) is 17.2 Å². The minimum atomic E-state index is -0.586. The van der Waals surface area contributed by atoms with Gasteiger partial charge in [-0.3, -0.25) is 4.79 Å². The molecule has 2 aromatic carbocycles. The van der Waals surface area contributed by atoms with Crippen LogP contribution in [0.25, 0.3) is 11.5 Å². The zero-order valence-electron chi connectivity index (χ0n) is 16.1. The van der Waals surface area contributed by atoms with Gasteiger partial charge in [-0.1, -0.05) is 28.3 Å². The van der Waals surface area contributed by atoms with Crippen LogP contribution < -0.4 is 15.0 Å². The predicted octanol–water partition coefficient (Wildman–Crippen LogP) is 3.81. The highest BCUT2D eigenvalue weighted by atomic mass is 35.5. The van der Waals surface area contributed by atoms with Gasteiger partial charge in [0.1, 0.15) is 11.6 Å². The maximum absolute atomic E-state index is 13.4. The van der Waals surface area contributed by atoms with Crippen molar-refractivity contribution in [2.45, 2.75) is 6.04 Å². The molecule has 3 aromatic rings. The molecule has 160 valence electrons. The molecule has 2 heterocycles. The summed E-state index contributed by atoms with van der Waals surface area (Å²) in [6.45, 7) is 1.26. The highest BCUT2D eigenvalue weighted by Gasteiger charge is 2.57. The standard InChI is InChI=1S/C21H17Cl2FN4O3/c22-12-3-1-11(2-4-12)20-26-27-21(31-20)28-8-14-15(9-28)19(14)25-18(29)10-30-13-5-6-16(23)17(24)7-13/h1-7,14-15,19H,8-10H2,(H,25,29)/t14-,15+,19?. The van der Waals surface area contributed by atoms with Crippen molar-refractivity contribution in [2.75, 3.05) is 24.6 Å². The number of anilines is 1.